The van der Waals surface area contributed by atoms with Crippen LogP contribution < -0.4 is 0 Å². The average Bonchev–Trinajstić information content (AvgIpc) is 2.54. The lowest BCUT2D eigenvalue weighted by atomic mass is 10.2. The van der Waals surface area contributed by atoms with Gasteiger partial charge in [-0.3, -0.25) is 0 Å². The number of benzene rings is 1. The van der Waals surface area contributed by atoms with Gasteiger partial charge in [0.2, 0.25) is 0 Å². The quantitative estimate of drug-likeness (QED) is 0.368. The van der Waals surface area contributed by atoms with Crippen LogP contribution in [0.2, 0.25) is 0 Å². The van der Waals surface area contributed by atoms with Gasteiger partial charge in [-0.2, -0.15) is 0 Å². The van der Waals surface area contributed by atoms with Crippen molar-refractivity contribution in [2.24, 2.45) is 5.16 Å². The first-order chi connectivity index (χ1) is 10.3. The Morgan fingerprint density at radius 3 is 2.81 bits per heavy atom. The number of halogens is 1. The van der Waals surface area contributed by atoms with E-state index < -0.39 is 0 Å². The molecule has 110 valence electrons. The molecule has 1 heterocycles. The van der Waals surface area contributed by atoms with Crippen molar-refractivity contribution < 1.29 is 9.94 Å². The Bertz CT molecular complexity index is 593. The van der Waals surface area contributed by atoms with Gasteiger partial charge >= 0.3 is 0 Å². The third-order valence-corrected chi connectivity index (χ3v) is 3.89. The second-order valence-corrected chi connectivity index (χ2v) is 5.39. The fraction of sp³-hybridized carbons (Fsp3) is 0.200. The van der Waals surface area contributed by atoms with Gasteiger partial charge in [-0.1, -0.05) is 47.1 Å². The molecule has 0 bridgehead atoms. The van der Waals surface area contributed by atoms with Crippen molar-refractivity contribution in [1.29, 1.82) is 0 Å². The largest absolute Gasteiger partial charge is 0.393 e. The van der Waals surface area contributed by atoms with Crippen molar-refractivity contribution in [2.75, 3.05) is 13.2 Å². The molecule has 0 spiro atoms. The van der Waals surface area contributed by atoms with E-state index in [9.17, 15) is 0 Å². The van der Waals surface area contributed by atoms with Crippen molar-refractivity contribution in [3.05, 3.63) is 59.8 Å². The number of pyridine rings is 1. The summed E-state index contributed by atoms with van der Waals surface area (Å²) in [4.78, 5) is 9.22. The number of aliphatic hydroxyl groups excluding tert-OH is 1. The Morgan fingerprint density at radius 2 is 2.05 bits per heavy atom. The minimum absolute atomic E-state index is 0.101. The van der Waals surface area contributed by atoms with Crippen LogP contribution in [0.15, 0.2) is 58.8 Å². The Morgan fingerprint density at radius 1 is 1.24 bits per heavy atom. The number of aliphatic hydroxyl groups is 1. The summed E-state index contributed by atoms with van der Waals surface area (Å²) in [5.74, 6) is 0.798. The molecule has 0 aliphatic heterocycles. The summed E-state index contributed by atoms with van der Waals surface area (Å²) in [6, 6.07) is 13.8. The standard InChI is InChI=1S/C15H15ClN2O2S/c16-14(18-20-10-9-19)13-7-4-8-17-15(13)21-11-12-5-2-1-3-6-12/h1-8,19H,9-11H2/b18-14-. The molecule has 0 fully saturated rings. The van der Waals surface area contributed by atoms with Gasteiger partial charge in [-0.05, 0) is 17.7 Å². The van der Waals surface area contributed by atoms with Gasteiger partial charge in [0.15, 0.2) is 5.17 Å². The fourth-order valence-electron chi connectivity index (χ4n) is 1.58. The second-order valence-electron chi connectivity index (χ2n) is 4.07. The van der Waals surface area contributed by atoms with E-state index in [1.165, 1.54) is 5.56 Å². The normalized spacial score (nSPS) is 11.4. The highest BCUT2D eigenvalue weighted by molar-refractivity contribution is 7.98. The van der Waals surface area contributed by atoms with E-state index in [2.05, 4.69) is 22.3 Å². The number of thioether (sulfide) groups is 1. The van der Waals surface area contributed by atoms with Gasteiger partial charge in [-0.25, -0.2) is 4.98 Å². The maximum atomic E-state index is 8.66. The maximum Gasteiger partial charge on any atom is 0.178 e. The number of hydrogen-bond donors (Lipinski definition) is 1. The Kier molecular flexibility index (Phi) is 6.53. The lowest BCUT2D eigenvalue weighted by molar-refractivity contribution is 0.0993. The fourth-order valence-corrected chi connectivity index (χ4v) is 2.79. The summed E-state index contributed by atoms with van der Waals surface area (Å²) >= 11 is 7.71. The molecule has 2 rings (SSSR count). The van der Waals surface area contributed by atoms with Gasteiger partial charge in [0.05, 0.1) is 6.61 Å². The van der Waals surface area contributed by atoms with Crippen LogP contribution in [0.25, 0.3) is 0 Å². The van der Waals surface area contributed by atoms with Crippen LogP contribution in [-0.4, -0.2) is 28.5 Å². The van der Waals surface area contributed by atoms with Crippen LogP contribution >= 0.6 is 23.4 Å². The molecule has 6 heteroatoms. The van der Waals surface area contributed by atoms with E-state index in [1.807, 2.05) is 24.3 Å². The van der Waals surface area contributed by atoms with E-state index in [4.69, 9.17) is 21.5 Å². The number of hydrogen-bond acceptors (Lipinski definition) is 5. The molecule has 1 aromatic carbocycles. The van der Waals surface area contributed by atoms with Crippen LogP contribution in [0.5, 0.6) is 0 Å². The third kappa shape index (κ3) is 5.04. The van der Waals surface area contributed by atoms with Crippen LogP contribution in [0, 0.1) is 0 Å². The number of nitrogens with zero attached hydrogens (tertiary/aromatic N) is 2. The summed E-state index contributed by atoms with van der Waals surface area (Å²) in [6.45, 7) is 0.0132. The first-order valence-corrected chi connectivity index (χ1v) is 7.76. The van der Waals surface area contributed by atoms with Gasteiger partial charge in [0.25, 0.3) is 0 Å². The number of oxime groups is 1. The molecule has 0 saturated heterocycles. The Balaban J connectivity index is 2.08. The predicted molar refractivity (Wildman–Crippen MR) is 85.7 cm³/mol. The van der Waals surface area contributed by atoms with E-state index in [0.29, 0.717) is 0 Å². The molecule has 0 aliphatic rings. The van der Waals surface area contributed by atoms with Gasteiger partial charge in [0.1, 0.15) is 11.6 Å². The molecular formula is C15H15ClN2O2S. The molecule has 0 aliphatic carbocycles. The van der Waals surface area contributed by atoms with E-state index in [1.54, 1.807) is 24.0 Å². The van der Waals surface area contributed by atoms with Crippen molar-refractivity contribution in [2.45, 2.75) is 10.8 Å². The van der Waals surface area contributed by atoms with Crippen molar-refractivity contribution in [3.8, 4) is 0 Å². The highest BCUT2D eigenvalue weighted by Gasteiger charge is 2.10. The van der Waals surface area contributed by atoms with E-state index in [-0.39, 0.29) is 18.4 Å². The molecular weight excluding hydrogens is 308 g/mol. The van der Waals surface area contributed by atoms with Gasteiger partial charge in [-0.15, -0.1) is 11.8 Å². The van der Waals surface area contributed by atoms with Crippen molar-refractivity contribution >= 4 is 28.5 Å². The monoisotopic (exact) mass is 322 g/mol. The Labute approximate surface area is 132 Å². The topological polar surface area (TPSA) is 54.7 Å². The lowest BCUT2D eigenvalue weighted by Crippen LogP contribution is -2.00. The molecule has 1 aromatic heterocycles. The summed E-state index contributed by atoms with van der Waals surface area (Å²) in [7, 11) is 0. The van der Waals surface area contributed by atoms with Crippen LogP contribution in [0.4, 0.5) is 0 Å². The molecule has 0 radical (unpaired) electrons. The molecule has 21 heavy (non-hydrogen) atoms. The third-order valence-electron chi connectivity index (χ3n) is 2.54. The summed E-state index contributed by atoms with van der Waals surface area (Å²) in [5, 5.41) is 13.5. The average molecular weight is 323 g/mol. The summed E-state index contributed by atoms with van der Waals surface area (Å²) in [5.41, 5.74) is 1.93. The zero-order valence-electron chi connectivity index (χ0n) is 11.3. The first-order valence-electron chi connectivity index (χ1n) is 6.39. The molecule has 1 N–H and O–H groups in total. The first kappa shape index (κ1) is 15.8. The summed E-state index contributed by atoms with van der Waals surface area (Å²) < 4.78 is 0. The Hall–Kier alpha value is -1.56. The maximum absolute atomic E-state index is 8.66. The van der Waals surface area contributed by atoms with Gasteiger partial charge < -0.3 is 9.94 Å². The van der Waals surface area contributed by atoms with Crippen molar-refractivity contribution in [1.82, 2.24) is 4.98 Å². The minimum Gasteiger partial charge on any atom is -0.393 e. The molecule has 4 nitrogen and oxygen atoms in total. The zero-order chi connectivity index (χ0) is 14.9. The van der Waals surface area contributed by atoms with Crippen LogP contribution in [0.3, 0.4) is 0 Å². The van der Waals surface area contributed by atoms with Crippen LogP contribution in [-0.2, 0) is 10.6 Å². The molecule has 0 amide bonds. The molecule has 2 aromatic rings. The summed E-state index contributed by atoms with van der Waals surface area (Å²) in [6.07, 6.45) is 1.72. The van der Waals surface area contributed by atoms with E-state index in [0.717, 1.165) is 16.3 Å². The van der Waals surface area contributed by atoms with Crippen LogP contribution in [0.1, 0.15) is 11.1 Å². The van der Waals surface area contributed by atoms with Crippen molar-refractivity contribution in [3.63, 3.8) is 0 Å². The number of rotatable bonds is 7. The highest BCUT2D eigenvalue weighted by atomic mass is 35.5. The van der Waals surface area contributed by atoms with Gasteiger partial charge in [0, 0.05) is 17.5 Å². The molecule has 0 unspecified atom stereocenters. The zero-order valence-corrected chi connectivity index (χ0v) is 12.8. The predicted octanol–water partition coefficient (Wildman–Crippen LogP) is 3.28. The smallest absolute Gasteiger partial charge is 0.178 e. The van der Waals surface area contributed by atoms with E-state index >= 15 is 0 Å². The minimum atomic E-state index is -0.101. The number of aromatic nitrogens is 1. The molecule has 0 atom stereocenters. The second kappa shape index (κ2) is 8.67. The SMILES string of the molecule is OCCO/N=C(\Cl)c1cccnc1SCc1ccccc1. The highest BCUT2D eigenvalue weighted by Crippen LogP contribution is 2.25. The molecule has 0 saturated carbocycles. The lowest BCUT2D eigenvalue weighted by Gasteiger charge is -2.06.